The number of nitrogens with one attached hydrogen (secondary N) is 1. The van der Waals surface area contributed by atoms with Gasteiger partial charge in [-0.25, -0.2) is 4.58 Å². The topological polar surface area (TPSA) is 24.3 Å². The summed E-state index contributed by atoms with van der Waals surface area (Å²) in [6.07, 6.45) is 12.8. The molecule has 1 aromatic rings. The fraction of sp³-hybridized carbons (Fsp3) is 0.211. The number of benzene rings is 1. The molecular formula is C19H18ClN2OS+. The van der Waals surface area contributed by atoms with Crippen LogP contribution in [0.2, 0.25) is 0 Å². The highest BCUT2D eigenvalue weighted by atomic mass is 35.5. The molecule has 1 aliphatic carbocycles. The maximum Gasteiger partial charge on any atom is 0.181 e. The van der Waals surface area contributed by atoms with Crippen molar-refractivity contribution in [2.24, 2.45) is 5.92 Å². The van der Waals surface area contributed by atoms with Gasteiger partial charge in [-0.2, -0.15) is 0 Å². The van der Waals surface area contributed by atoms with E-state index >= 15 is 0 Å². The van der Waals surface area contributed by atoms with Crippen LogP contribution in [0, 0.1) is 5.92 Å². The quantitative estimate of drug-likeness (QED) is 0.794. The predicted molar refractivity (Wildman–Crippen MR) is 101 cm³/mol. The number of anilines is 1. The minimum atomic E-state index is 0.269. The summed E-state index contributed by atoms with van der Waals surface area (Å²) in [6.45, 7) is 0. The van der Waals surface area contributed by atoms with Gasteiger partial charge in [-0.3, -0.25) is 0 Å². The molecule has 0 spiro atoms. The minimum Gasteiger partial charge on any atom is -0.497 e. The lowest BCUT2D eigenvalue weighted by Crippen LogP contribution is -2.34. The molecule has 1 aromatic carbocycles. The smallest absolute Gasteiger partial charge is 0.181 e. The van der Waals surface area contributed by atoms with Crippen molar-refractivity contribution >= 4 is 35.3 Å². The van der Waals surface area contributed by atoms with Gasteiger partial charge in [0.25, 0.3) is 0 Å². The van der Waals surface area contributed by atoms with Crippen LogP contribution in [-0.2, 0) is 0 Å². The van der Waals surface area contributed by atoms with E-state index in [-0.39, 0.29) is 5.92 Å². The Labute approximate surface area is 151 Å². The summed E-state index contributed by atoms with van der Waals surface area (Å²) < 4.78 is 7.52. The highest BCUT2D eigenvalue weighted by molar-refractivity contribution is 8.03. The van der Waals surface area contributed by atoms with Crippen molar-refractivity contribution in [2.75, 3.05) is 19.5 Å². The van der Waals surface area contributed by atoms with Crippen LogP contribution in [0.15, 0.2) is 69.1 Å². The number of fused-ring (bicyclic) bond motifs is 2. The number of methoxy groups -OCH3 is 1. The molecule has 2 atom stereocenters. The normalized spacial score (nSPS) is 26.1. The third-order valence-corrected chi connectivity index (χ3v) is 5.75. The molecule has 3 nitrogen and oxygen atoms in total. The van der Waals surface area contributed by atoms with E-state index < -0.39 is 0 Å². The summed E-state index contributed by atoms with van der Waals surface area (Å²) in [5.41, 5.74) is 2.35. The van der Waals surface area contributed by atoms with Crippen LogP contribution in [0.25, 0.3) is 0 Å². The van der Waals surface area contributed by atoms with E-state index in [1.54, 1.807) is 18.9 Å². The molecule has 122 valence electrons. The Balaban J connectivity index is 1.63. The molecule has 0 saturated heterocycles. The minimum absolute atomic E-state index is 0.269. The second-order valence-electron chi connectivity index (χ2n) is 6.01. The standard InChI is InChI=1S/C19H17ClN2OS/c1-22-8-7-12(15-10-13(20)3-5-17(15)22)9-19-21-16-11-14(23-2)4-6-18(16)24-19/h3-11,15,17H,1-2H3/p+1. The van der Waals surface area contributed by atoms with Crippen molar-refractivity contribution in [3.8, 4) is 5.75 Å². The summed E-state index contributed by atoms with van der Waals surface area (Å²) in [7, 11) is 3.78. The highest BCUT2D eigenvalue weighted by Crippen LogP contribution is 2.43. The Kier molecular flexibility index (Phi) is 4.02. The Morgan fingerprint density at radius 3 is 3.08 bits per heavy atom. The van der Waals surface area contributed by atoms with Crippen LogP contribution in [-0.4, -0.2) is 31.0 Å². The van der Waals surface area contributed by atoms with Crippen LogP contribution in [0.3, 0.4) is 0 Å². The van der Waals surface area contributed by atoms with Crippen LogP contribution in [0.1, 0.15) is 0 Å². The lowest BCUT2D eigenvalue weighted by molar-refractivity contribution is -0.527. The molecule has 0 fully saturated rings. The van der Waals surface area contributed by atoms with Gasteiger partial charge in [-0.05, 0) is 35.9 Å². The van der Waals surface area contributed by atoms with E-state index in [0.29, 0.717) is 6.04 Å². The van der Waals surface area contributed by atoms with Gasteiger partial charge in [0.1, 0.15) is 12.8 Å². The maximum atomic E-state index is 6.24. The van der Waals surface area contributed by atoms with E-state index in [1.807, 2.05) is 18.2 Å². The second kappa shape index (κ2) is 6.19. The number of allylic oxidation sites excluding steroid dienone is 4. The van der Waals surface area contributed by atoms with Crippen LogP contribution in [0.5, 0.6) is 5.75 Å². The molecule has 3 aliphatic rings. The first-order chi connectivity index (χ1) is 11.6. The monoisotopic (exact) mass is 357 g/mol. The number of halogens is 1. The third kappa shape index (κ3) is 2.80. The summed E-state index contributed by atoms with van der Waals surface area (Å²) >= 11 is 7.98. The summed E-state index contributed by atoms with van der Waals surface area (Å²) in [5.74, 6) is 1.13. The van der Waals surface area contributed by atoms with Gasteiger partial charge < -0.3 is 10.1 Å². The molecule has 2 heterocycles. The Morgan fingerprint density at radius 1 is 1.38 bits per heavy atom. The van der Waals surface area contributed by atoms with Crippen LogP contribution in [0.4, 0.5) is 5.69 Å². The molecule has 0 saturated carbocycles. The van der Waals surface area contributed by atoms with Crippen molar-refractivity contribution in [2.45, 2.75) is 10.9 Å². The molecule has 5 heteroatoms. The number of nitrogens with zero attached hydrogens (tertiary/aromatic N) is 1. The first-order valence-corrected chi connectivity index (χ1v) is 9.00. The van der Waals surface area contributed by atoms with E-state index in [4.69, 9.17) is 16.3 Å². The molecule has 2 aliphatic heterocycles. The number of rotatable bonds is 2. The van der Waals surface area contributed by atoms with Crippen molar-refractivity contribution in [3.63, 3.8) is 0 Å². The van der Waals surface area contributed by atoms with Crippen molar-refractivity contribution in [1.29, 1.82) is 0 Å². The number of thioether (sulfide) groups is 1. The SMILES string of the molecule is COc1ccc2c(c1)N/C(=C/C1=CC=[N+](C)C3C=CC(Cl)=CC13)S2. The highest BCUT2D eigenvalue weighted by Gasteiger charge is 2.32. The first kappa shape index (κ1) is 15.6. The maximum absolute atomic E-state index is 6.24. The van der Waals surface area contributed by atoms with Crippen LogP contribution < -0.4 is 10.1 Å². The Bertz CT molecular complexity index is 851. The molecule has 4 rings (SSSR count). The summed E-state index contributed by atoms with van der Waals surface area (Å²) in [5, 5.41) is 5.41. The molecule has 1 N–H and O–H groups in total. The number of ether oxygens (including phenoxy) is 1. The molecule has 0 aromatic heterocycles. The fourth-order valence-corrected chi connectivity index (χ4v) is 4.35. The van der Waals surface area contributed by atoms with Gasteiger partial charge in [-0.15, -0.1) is 0 Å². The fourth-order valence-electron chi connectivity index (χ4n) is 3.19. The zero-order chi connectivity index (χ0) is 16.7. The van der Waals surface area contributed by atoms with Crippen molar-refractivity contribution in [3.05, 3.63) is 64.2 Å². The van der Waals surface area contributed by atoms with Crippen molar-refractivity contribution in [1.82, 2.24) is 0 Å². The van der Waals surface area contributed by atoms with E-state index in [2.05, 4.69) is 53.5 Å². The molecule has 0 amide bonds. The largest absolute Gasteiger partial charge is 0.497 e. The van der Waals surface area contributed by atoms with E-state index in [9.17, 15) is 0 Å². The lowest BCUT2D eigenvalue weighted by Gasteiger charge is -2.25. The molecular weight excluding hydrogens is 340 g/mol. The predicted octanol–water partition coefficient (Wildman–Crippen LogP) is 4.38. The van der Waals surface area contributed by atoms with Crippen molar-refractivity contribution < 1.29 is 9.31 Å². The molecule has 0 radical (unpaired) electrons. The van der Waals surface area contributed by atoms with Gasteiger partial charge in [0.2, 0.25) is 0 Å². The average Bonchev–Trinajstić information content (AvgIpc) is 2.98. The average molecular weight is 358 g/mol. The van der Waals surface area contributed by atoms with Gasteiger partial charge in [-0.1, -0.05) is 29.4 Å². The zero-order valence-corrected chi connectivity index (χ0v) is 15.1. The van der Waals surface area contributed by atoms with Gasteiger partial charge in [0.15, 0.2) is 12.3 Å². The third-order valence-electron chi connectivity index (χ3n) is 4.48. The zero-order valence-electron chi connectivity index (χ0n) is 13.5. The molecule has 2 unspecified atom stereocenters. The van der Waals surface area contributed by atoms with Gasteiger partial charge in [0.05, 0.1) is 23.7 Å². The van der Waals surface area contributed by atoms with Gasteiger partial charge in [0, 0.05) is 22.1 Å². The number of likely N-dealkylation sites (N-methyl/N-ethyl adjacent to an activating group) is 1. The van der Waals surface area contributed by atoms with E-state index in [0.717, 1.165) is 21.5 Å². The van der Waals surface area contributed by atoms with Crippen LogP contribution >= 0.6 is 23.4 Å². The lowest BCUT2D eigenvalue weighted by atomic mass is 9.85. The summed E-state index contributed by atoms with van der Waals surface area (Å²) in [4.78, 5) is 1.22. The Morgan fingerprint density at radius 2 is 2.25 bits per heavy atom. The Hall–Kier alpha value is -1.91. The second-order valence-corrected chi connectivity index (χ2v) is 7.53. The first-order valence-electron chi connectivity index (χ1n) is 7.81. The number of hydrogen-bond donors (Lipinski definition) is 1. The van der Waals surface area contributed by atoms with Gasteiger partial charge >= 0.3 is 0 Å². The van der Waals surface area contributed by atoms with E-state index in [1.165, 1.54) is 10.5 Å². The summed E-state index contributed by atoms with van der Waals surface area (Å²) in [6, 6.07) is 6.42. The molecule has 0 bridgehead atoms. The molecule has 24 heavy (non-hydrogen) atoms. The number of hydrogen-bond acceptors (Lipinski definition) is 3.